The van der Waals surface area contributed by atoms with Crippen LogP contribution in [0, 0.1) is 5.82 Å². The van der Waals surface area contributed by atoms with E-state index in [1.54, 1.807) is 20.3 Å². The summed E-state index contributed by atoms with van der Waals surface area (Å²) in [6.07, 6.45) is 2.63. The van der Waals surface area contributed by atoms with Crippen LogP contribution in [0.1, 0.15) is 17.7 Å². The topological polar surface area (TPSA) is 56.5 Å². The molecule has 0 aliphatic rings. The zero-order valence-corrected chi connectivity index (χ0v) is 15.0. The predicted molar refractivity (Wildman–Crippen MR) is 98.4 cm³/mol. The van der Waals surface area contributed by atoms with Gasteiger partial charge in [-0.2, -0.15) is 0 Å². The Labute approximate surface area is 152 Å². The molecule has 1 N–H and O–H groups in total. The summed E-state index contributed by atoms with van der Waals surface area (Å²) in [5.41, 5.74) is 2.74. The summed E-state index contributed by atoms with van der Waals surface area (Å²) in [5.74, 6) is 1.10. The van der Waals surface area contributed by atoms with E-state index in [1.807, 2.05) is 18.2 Å². The molecular weight excluding hydrogens is 335 g/mol. The maximum absolute atomic E-state index is 12.9. The van der Waals surface area contributed by atoms with Gasteiger partial charge in [-0.05, 0) is 56.1 Å². The van der Waals surface area contributed by atoms with E-state index in [0.29, 0.717) is 17.1 Å². The second-order valence-corrected chi connectivity index (χ2v) is 6.06. The van der Waals surface area contributed by atoms with Gasteiger partial charge in [0.2, 0.25) is 0 Å². The van der Waals surface area contributed by atoms with Crippen molar-refractivity contribution in [3.05, 3.63) is 53.5 Å². The molecule has 0 aliphatic heterocycles. The highest BCUT2D eigenvalue weighted by Gasteiger charge is 2.13. The number of fused-ring (bicyclic) bond motifs is 1. The Bertz CT molecular complexity index is 846. The molecule has 3 rings (SSSR count). The van der Waals surface area contributed by atoms with E-state index in [2.05, 4.69) is 10.5 Å². The maximum Gasteiger partial charge on any atom is 0.171 e. The van der Waals surface area contributed by atoms with Gasteiger partial charge in [0.1, 0.15) is 5.82 Å². The van der Waals surface area contributed by atoms with Gasteiger partial charge < -0.3 is 19.3 Å². The van der Waals surface area contributed by atoms with Gasteiger partial charge in [-0.15, -0.1) is 0 Å². The molecule has 1 aromatic heterocycles. The molecule has 3 aromatic rings. The first-order valence-electron chi connectivity index (χ1n) is 8.66. The lowest BCUT2D eigenvalue weighted by atomic mass is 10.1. The quantitative estimate of drug-likeness (QED) is 0.591. The minimum atomic E-state index is -0.198. The van der Waals surface area contributed by atoms with Crippen LogP contribution in [0.4, 0.5) is 4.39 Å². The smallest absolute Gasteiger partial charge is 0.171 e. The van der Waals surface area contributed by atoms with Gasteiger partial charge in [0.05, 0.1) is 19.9 Å². The average Bonchev–Trinajstić information content (AvgIpc) is 3.06. The zero-order chi connectivity index (χ0) is 18.4. The Morgan fingerprint density at radius 1 is 1.00 bits per heavy atom. The number of benzene rings is 2. The second-order valence-electron chi connectivity index (χ2n) is 6.06. The molecule has 0 unspecified atom stereocenters. The molecule has 6 heteroatoms. The third-order valence-corrected chi connectivity index (χ3v) is 4.32. The van der Waals surface area contributed by atoms with Gasteiger partial charge >= 0.3 is 0 Å². The molecule has 0 bridgehead atoms. The largest absolute Gasteiger partial charge is 0.493 e. The summed E-state index contributed by atoms with van der Waals surface area (Å²) in [4.78, 5) is 0. The minimum Gasteiger partial charge on any atom is -0.493 e. The summed E-state index contributed by atoms with van der Waals surface area (Å²) in [5, 5.41) is 8.53. The van der Waals surface area contributed by atoms with Gasteiger partial charge in [0.25, 0.3) is 0 Å². The van der Waals surface area contributed by atoms with E-state index >= 15 is 0 Å². The summed E-state index contributed by atoms with van der Waals surface area (Å²) < 4.78 is 28.9. The van der Waals surface area contributed by atoms with E-state index in [0.717, 1.165) is 49.0 Å². The summed E-state index contributed by atoms with van der Waals surface area (Å²) in [6, 6.07) is 10.3. The molecule has 1 heterocycles. The van der Waals surface area contributed by atoms with Crippen LogP contribution in [-0.4, -0.2) is 32.5 Å². The van der Waals surface area contributed by atoms with Crippen molar-refractivity contribution in [2.45, 2.75) is 19.3 Å². The van der Waals surface area contributed by atoms with Crippen molar-refractivity contribution in [3.63, 3.8) is 0 Å². The highest BCUT2D eigenvalue weighted by Crippen LogP contribution is 2.33. The number of hydrogen-bond acceptors (Lipinski definition) is 5. The lowest BCUT2D eigenvalue weighted by molar-refractivity contribution is 0.354. The number of methoxy groups -OCH3 is 2. The third-order valence-electron chi connectivity index (χ3n) is 4.32. The SMILES string of the molecule is COc1cc2onc(CCCNCCc3ccc(F)cc3)c2cc1OC. The van der Waals surface area contributed by atoms with E-state index in [9.17, 15) is 4.39 Å². The molecule has 138 valence electrons. The number of ether oxygens (including phenoxy) is 2. The Kier molecular flexibility index (Phi) is 6.07. The summed E-state index contributed by atoms with van der Waals surface area (Å²) in [6.45, 7) is 1.74. The number of nitrogens with zero attached hydrogens (tertiary/aromatic N) is 1. The summed E-state index contributed by atoms with van der Waals surface area (Å²) >= 11 is 0. The Morgan fingerprint density at radius 3 is 2.46 bits per heavy atom. The molecule has 5 nitrogen and oxygen atoms in total. The zero-order valence-electron chi connectivity index (χ0n) is 15.0. The van der Waals surface area contributed by atoms with Gasteiger partial charge in [-0.1, -0.05) is 17.3 Å². The van der Waals surface area contributed by atoms with E-state index in [1.165, 1.54) is 12.1 Å². The van der Waals surface area contributed by atoms with Gasteiger partial charge in [0, 0.05) is 11.5 Å². The van der Waals surface area contributed by atoms with Gasteiger partial charge in [0.15, 0.2) is 17.1 Å². The fraction of sp³-hybridized carbons (Fsp3) is 0.350. The van der Waals surface area contributed by atoms with Crippen molar-refractivity contribution in [2.75, 3.05) is 27.3 Å². The fourth-order valence-corrected chi connectivity index (χ4v) is 2.88. The normalized spacial score (nSPS) is 11.0. The molecule has 26 heavy (non-hydrogen) atoms. The molecule has 0 saturated heterocycles. The summed E-state index contributed by atoms with van der Waals surface area (Å²) in [7, 11) is 3.21. The molecule has 0 spiro atoms. The van der Waals surface area contributed by atoms with Gasteiger partial charge in [-0.3, -0.25) is 0 Å². The molecule has 0 radical (unpaired) electrons. The first-order valence-corrected chi connectivity index (χ1v) is 8.66. The number of hydrogen-bond donors (Lipinski definition) is 1. The molecule has 0 atom stereocenters. The average molecular weight is 358 g/mol. The lowest BCUT2D eigenvalue weighted by Crippen LogP contribution is -2.19. The number of aromatic nitrogens is 1. The second kappa shape index (κ2) is 8.67. The van der Waals surface area contributed by atoms with Crippen LogP contribution in [0.5, 0.6) is 11.5 Å². The van der Waals surface area contributed by atoms with Crippen molar-refractivity contribution in [1.29, 1.82) is 0 Å². The molecule has 0 fully saturated rings. The maximum atomic E-state index is 12.9. The Hall–Kier alpha value is -2.60. The Balaban J connectivity index is 1.48. The number of halogens is 1. The molecule has 0 saturated carbocycles. The molecule has 0 aliphatic carbocycles. The van der Waals surface area contributed by atoms with Crippen LogP contribution in [0.3, 0.4) is 0 Å². The minimum absolute atomic E-state index is 0.198. The van der Waals surface area contributed by atoms with Crippen LogP contribution in [0.15, 0.2) is 40.9 Å². The monoisotopic (exact) mass is 358 g/mol. The predicted octanol–water partition coefficient (Wildman–Crippen LogP) is 3.75. The van der Waals surface area contributed by atoms with Crippen molar-refractivity contribution in [1.82, 2.24) is 10.5 Å². The first kappa shape index (κ1) is 18.2. The van der Waals surface area contributed by atoms with Crippen LogP contribution in [0.2, 0.25) is 0 Å². The van der Waals surface area contributed by atoms with Crippen LogP contribution >= 0.6 is 0 Å². The van der Waals surface area contributed by atoms with Crippen molar-refractivity contribution < 1.29 is 18.4 Å². The first-order chi connectivity index (χ1) is 12.7. The highest BCUT2D eigenvalue weighted by molar-refractivity contribution is 5.83. The number of aryl methyl sites for hydroxylation is 1. The lowest BCUT2D eigenvalue weighted by Gasteiger charge is -2.07. The standard InChI is InChI=1S/C20H23FN2O3/c1-24-19-12-16-17(23-26-18(16)13-20(19)25-2)4-3-10-22-11-9-14-5-7-15(21)8-6-14/h5-8,12-13,22H,3-4,9-11H2,1-2H3. The van der Waals surface area contributed by atoms with Crippen molar-refractivity contribution in [2.24, 2.45) is 0 Å². The van der Waals surface area contributed by atoms with Crippen LogP contribution in [-0.2, 0) is 12.8 Å². The van der Waals surface area contributed by atoms with Gasteiger partial charge in [-0.25, -0.2) is 4.39 Å². The van der Waals surface area contributed by atoms with Crippen LogP contribution in [0.25, 0.3) is 11.0 Å². The molecule has 2 aromatic carbocycles. The fourth-order valence-electron chi connectivity index (χ4n) is 2.88. The van der Waals surface area contributed by atoms with E-state index in [4.69, 9.17) is 14.0 Å². The van der Waals surface area contributed by atoms with E-state index < -0.39 is 0 Å². The number of rotatable bonds is 9. The van der Waals surface area contributed by atoms with Crippen molar-refractivity contribution in [3.8, 4) is 11.5 Å². The molecular formula is C20H23FN2O3. The highest BCUT2D eigenvalue weighted by atomic mass is 19.1. The van der Waals surface area contributed by atoms with E-state index in [-0.39, 0.29) is 5.82 Å². The Morgan fingerprint density at radius 2 is 1.73 bits per heavy atom. The number of nitrogens with one attached hydrogen (secondary N) is 1. The van der Waals surface area contributed by atoms with Crippen molar-refractivity contribution >= 4 is 11.0 Å². The van der Waals surface area contributed by atoms with Crippen LogP contribution < -0.4 is 14.8 Å². The third kappa shape index (κ3) is 4.32. The molecule has 0 amide bonds.